The number of nitrogens with one attached hydrogen (secondary N) is 3. The number of hydrogen-bond acceptors (Lipinski definition) is 4. The van der Waals surface area contributed by atoms with Crippen LogP contribution in [0, 0.1) is 0 Å². The molecule has 9 heteroatoms. The molecule has 0 bridgehead atoms. The molecule has 2 aromatic rings. The summed E-state index contributed by atoms with van der Waals surface area (Å²) >= 11 is 0. The van der Waals surface area contributed by atoms with E-state index in [1.807, 2.05) is 62.4 Å². The van der Waals surface area contributed by atoms with Crippen molar-refractivity contribution < 1.29 is 13.2 Å². The van der Waals surface area contributed by atoms with Crippen molar-refractivity contribution in [2.75, 3.05) is 20.7 Å². The molecule has 0 aliphatic rings. The molecule has 0 unspecified atom stereocenters. The van der Waals surface area contributed by atoms with Crippen LogP contribution in [0.25, 0.3) is 0 Å². The van der Waals surface area contributed by atoms with Crippen LogP contribution in [0.2, 0.25) is 0 Å². The van der Waals surface area contributed by atoms with Gasteiger partial charge in [-0.05, 0) is 43.0 Å². The minimum absolute atomic E-state index is 0. The van der Waals surface area contributed by atoms with E-state index < -0.39 is 10.0 Å². The number of benzene rings is 2. The molecule has 0 atom stereocenters. The van der Waals surface area contributed by atoms with E-state index in [2.05, 4.69) is 20.3 Å². The van der Waals surface area contributed by atoms with Crippen molar-refractivity contribution in [3.8, 4) is 5.75 Å². The molecule has 0 aliphatic heterocycles. The Labute approximate surface area is 203 Å². The lowest BCUT2D eigenvalue weighted by Crippen LogP contribution is -2.38. The van der Waals surface area contributed by atoms with Crippen LogP contribution >= 0.6 is 24.0 Å². The highest BCUT2D eigenvalue weighted by Crippen LogP contribution is 2.17. The number of guanidine groups is 1. The summed E-state index contributed by atoms with van der Waals surface area (Å²) < 4.78 is 32.6. The van der Waals surface area contributed by atoms with E-state index in [9.17, 15) is 8.42 Å². The predicted molar refractivity (Wildman–Crippen MR) is 138 cm³/mol. The molecule has 7 nitrogen and oxygen atoms in total. The molecule has 31 heavy (non-hydrogen) atoms. The second-order valence-electron chi connectivity index (χ2n) is 7.21. The van der Waals surface area contributed by atoms with Gasteiger partial charge >= 0.3 is 0 Å². The summed E-state index contributed by atoms with van der Waals surface area (Å²) in [6.45, 7) is 4.79. The Balaban J connectivity index is 0.00000480. The topological polar surface area (TPSA) is 91.8 Å². The summed E-state index contributed by atoms with van der Waals surface area (Å²) in [5, 5.41) is 6.55. The average Bonchev–Trinajstić information content (AvgIpc) is 2.70. The van der Waals surface area contributed by atoms with Gasteiger partial charge in [-0.1, -0.05) is 42.5 Å². The van der Waals surface area contributed by atoms with Gasteiger partial charge in [-0.3, -0.25) is 4.99 Å². The zero-order valence-electron chi connectivity index (χ0n) is 18.5. The molecule has 0 heterocycles. The molecular formula is C22H33IN4O3S. The lowest BCUT2D eigenvalue weighted by molar-refractivity contribution is 0.409. The highest BCUT2D eigenvalue weighted by atomic mass is 127. The summed E-state index contributed by atoms with van der Waals surface area (Å²) in [6.07, 6.45) is 0.792. The Kier molecular flexibility index (Phi) is 11.9. The normalized spacial score (nSPS) is 11.7. The van der Waals surface area contributed by atoms with Gasteiger partial charge < -0.3 is 15.4 Å². The summed E-state index contributed by atoms with van der Waals surface area (Å²) in [4.78, 5) is 4.25. The molecule has 0 aromatic heterocycles. The molecule has 2 aromatic carbocycles. The van der Waals surface area contributed by atoms with E-state index in [-0.39, 0.29) is 35.8 Å². The Morgan fingerprint density at radius 2 is 1.61 bits per heavy atom. The molecule has 0 spiro atoms. The van der Waals surface area contributed by atoms with Crippen molar-refractivity contribution in [3.63, 3.8) is 0 Å². The minimum Gasteiger partial charge on any atom is -0.496 e. The second kappa shape index (κ2) is 13.5. The van der Waals surface area contributed by atoms with Crippen LogP contribution < -0.4 is 20.1 Å². The van der Waals surface area contributed by atoms with Crippen molar-refractivity contribution in [1.29, 1.82) is 0 Å². The van der Waals surface area contributed by atoms with E-state index in [1.165, 1.54) is 0 Å². The van der Waals surface area contributed by atoms with Crippen molar-refractivity contribution in [2.24, 2.45) is 4.99 Å². The smallest absolute Gasteiger partial charge is 0.216 e. The van der Waals surface area contributed by atoms with E-state index in [0.29, 0.717) is 19.0 Å². The minimum atomic E-state index is -3.39. The summed E-state index contributed by atoms with van der Waals surface area (Å²) in [7, 11) is -0.0101. The molecule has 0 fully saturated rings. The zero-order chi connectivity index (χ0) is 22.0. The third kappa shape index (κ3) is 9.44. The molecule has 0 aliphatic carbocycles. The number of aliphatic imine (C=N–C) groups is 1. The van der Waals surface area contributed by atoms with Gasteiger partial charge in [0.2, 0.25) is 10.0 Å². The first-order valence-corrected chi connectivity index (χ1v) is 11.6. The molecule has 0 radical (unpaired) electrons. The van der Waals surface area contributed by atoms with Gasteiger partial charge in [-0.15, -0.1) is 24.0 Å². The molecule has 0 amide bonds. The highest BCUT2D eigenvalue weighted by Gasteiger charge is 2.15. The lowest BCUT2D eigenvalue weighted by atomic mass is 10.1. The van der Waals surface area contributed by atoms with Gasteiger partial charge in [0.05, 0.1) is 12.9 Å². The molecule has 172 valence electrons. The number of hydrogen-bond donors (Lipinski definition) is 3. The van der Waals surface area contributed by atoms with Crippen LogP contribution in [0.15, 0.2) is 53.5 Å². The Morgan fingerprint density at radius 3 is 2.23 bits per heavy atom. The third-order valence-electron chi connectivity index (χ3n) is 4.43. The number of ether oxygens (including phenoxy) is 1. The Morgan fingerprint density at radius 1 is 1.00 bits per heavy atom. The molecular weight excluding hydrogens is 527 g/mol. The van der Waals surface area contributed by atoms with Gasteiger partial charge in [0, 0.05) is 26.2 Å². The second-order valence-corrected chi connectivity index (χ2v) is 8.97. The lowest BCUT2D eigenvalue weighted by Gasteiger charge is -2.16. The van der Waals surface area contributed by atoms with Gasteiger partial charge in [-0.2, -0.15) is 0 Å². The Hall–Kier alpha value is -1.85. The standard InChI is InChI=1S/C22H32N4O3S.HI/c1-17(2)26-30(27,28)16-20-11-6-5-10-19(20)15-25-22(23-3)24-14-13-18-9-7-8-12-21(18)29-4;/h5-12,17,26H,13-16H2,1-4H3,(H2,23,24,25);1H. The summed E-state index contributed by atoms with van der Waals surface area (Å²) in [5.74, 6) is 1.47. The SMILES string of the molecule is CN=C(NCCc1ccccc1OC)NCc1ccccc1CS(=O)(=O)NC(C)C.I. The molecule has 0 saturated carbocycles. The van der Waals surface area contributed by atoms with Gasteiger partial charge in [-0.25, -0.2) is 13.1 Å². The fourth-order valence-electron chi connectivity index (χ4n) is 3.10. The van der Waals surface area contributed by atoms with Gasteiger partial charge in [0.15, 0.2) is 5.96 Å². The van der Waals surface area contributed by atoms with Crippen molar-refractivity contribution in [1.82, 2.24) is 15.4 Å². The van der Waals surface area contributed by atoms with Crippen molar-refractivity contribution in [3.05, 3.63) is 65.2 Å². The number of halogens is 1. The van der Waals surface area contributed by atoms with E-state index in [4.69, 9.17) is 4.74 Å². The highest BCUT2D eigenvalue weighted by molar-refractivity contribution is 14.0. The van der Waals surface area contributed by atoms with Crippen LogP contribution in [-0.4, -0.2) is 41.1 Å². The monoisotopic (exact) mass is 560 g/mol. The van der Waals surface area contributed by atoms with Crippen LogP contribution in [0.5, 0.6) is 5.75 Å². The van der Waals surface area contributed by atoms with Crippen LogP contribution in [-0.2, 0) is 28.7 Å². The molecule has 3 N–H and O–H groups in total. The van der Waals surface area contributed by atoms with E-state index in [1.54, 1.807) is 14.2 Å². The Bertz CT molecular complexity index is 949. The zero-order valence-corrected chi connectivity index (χ0v) is 21.7. The maximum Gasteiger partial charge on any atom is 0.216 e. The van der Waals surface area contributed by atoms with Crippen LogP contribution in [0.3, 0.4) is 0 Å². The number of rotatable bonds is 10. The van der Waals surface area contributed by atoms with E-state index >= 15 is 0 Å². The largest absolute Gasteiger partial charge is 0.496 e. The predicted octanol–water partition coefficient (Wildman–Crippen LogP) is 3.05. The average molecular weight is 561 g/mol. The maximum atomic E-state index is 12.3. The summed E-state index contributed by atoms with van der Waals surface area (Å²) in [6, 6.07) is 15.3. The number of nitrogens with zero attached hydrogens (tertiary/aromatic N) is 1. The fraction of sp³-hybridized carbons (Fsp3) is 0.409. The van der Waals surface area contributed by atoms with Crippen molar-refractivity contribution >= 4 is 40.0 Å². The fourth-order valence-corrected chi connectivity index (χ4v) is 4.59. The maximum absolute atomic E-state index is 12.3. The third-order valence-corrected chi connectivity index (χ3v) is 5.95. The first kappa shape index (κ1) is 27.2. The first-order valence-electron chi connectivity index (χ1n) is 9.98. The number of methoxy groups -OCH3 is 1. The summed E-state index contributed by atoms with van der Waals surface area (Å²) in [5.41, 5.74) is 2.80. The number of sulfonamides is 1. The molecule has 2 rings (SSSR count). The van der Waals surface area contributed by atoms with Crippen molar-refractivity contribution in [2.45, 2.75) is 38.6 Å². The number of para-hydroxylation sites is 1. The van der Waals surface area contributed by atoms with Crippen LogP contribution in [0.1, 0.15) is 30.5 Å². The van der Waals surface area contributed by atoms with Gasteiger partial charge in [0.1, 0.15) is 5.75 Å². The van der Waals surface area contributed by atoms with Crippen LogP contribution in [0.4, 0.5) is 0 Å². The quantitative estimate of drug-likeness (QED) is 0.236. The van der Waals surface area contributed by atoms with Gasteiger partial charge in [0.25, 0.3) is 0 Å². The first-order chi connectivity index (χ1) is 14.3. The molecule has 0 saturated heterocycles. The van der Waals surface area contributed by atoms with E-state index in [0.717, 1.165) is 28.9 Å².